The number of nitrogens with one attached hydrogen (secondary N) is 1. The Kier molecular flexibility index (Phi) is 16.8. The van der Waals surface area contributed by atoms with Gasteiger partial charge in [-0.15, -0.1) is 0 Å². The number of nitrogens with two attached hydrogens (primary N) is 4. The van der Waals surface area contributed by atoms with Crippen LogP contribution in [-0.4, -0.2) is 186 Å². The summed E-state index contributed by atoms with van der Waals surface area (Å²) in [6, 6.07) is 6.35. The molecule has 4 fully saturated rings. The summed E-state index contributed by atoms with van der Waals surface area (Å²) in [6.07, 6.45) is -14.2. The summed E-state index contributed by atoms with van der Waals surface area (Å²) in [6.45, 7) is 9.66. The fourth-order valence-electron chi connectivity index (χ4n) is 8.54. The molecule has 5 aliphatic rings. The summed E-state index contributed by atoms with van der Waals surface area (Å²) >= 11 is 0. The van der Waals surface area contributed by atoms with Crippen molar-refractivity contribution in [1.82, 2.24) is 9.62 Å². The molecule has 4 aliphatic heterocycles. The minimum Gasteiger partial charge on any atom is -0.394 e. The summed E-state index contributed by atoms with van der Waals surface area (Å²) in [5, 5.41) is 70.9. The Morgan fingerprint density at radius 1 is 0.814 bits per heavy atom. The van der Waals surface area contributed by atoms with Gasteiger partial charge in [-0.2, -0.15) is 0 Å². The van der Waals surface area contributed by atoms with Crippen LogP contribution in [-0.2, 0) is 29.0 Å². The molecule has 336 valence electrons. The quantitative estimate of drug-likeness (QED) is 0.0939. The SMILES string of the molecule is CC1=C(c2ccccc2)S(=O)(=O)NC1=NCCCN1CC(C)CC(C)C1.NC[C@H]1O[C@H](O[C@H]2[C@H](O)[C@@H](O[C@H]3O[C@H](CO)[C@@H](O)[C@H](N)[C@H]3O)[C@H](N)C[C@@H]2N)[C@H](O)[C@@H](O)[C@@H]1O. The maximum Gasteiger partial charge on any atom is 0.264 e. The smallest absolute Gasteiger partial charge is 0.264 e. The molecular weight excluding hydrogens is 795 g/mol. The molecule has 0 spiro atoms. The van der Waals surface area contributed by atoms with E-state index in [4.69, 9.17) is 41.9 Å². The Morgan fingerprint density at radius 3 is 1.97 bits per heavy atom. The molecule has 0 radical (unpaired) electrons. The lowest BCUT2D eigenvalue weighted by atomic mass is 9.84. The fourth-order valence-corrected chi connectivity index (χ4v) is 10.1. The van der Waals surface area contributed by atoms with Crippen LogP contribution < -0.4 is 27.7 Å². The maximum atomic E-state index is 12.5. The van der Waals surface area contributed by atoms with E-state index in [9.17, 15) is 44.2 Å². The number of sulfonamides is 1. The Balaban J connectivity index is 0.000000230. The Bertz CT molecular complexity index is 1620. The van der Waals surface area contributed by atoms with E-state index < -0.39 is 108 Å². The molecule has 0 amide bonds. The first-order chi connectivity index (χ1) is 27.9. The third-order valence-electron chi connectivity index (χ3n) is 11.6. The van der Waals surface area contributed by atoms with Crippen LogP contribution >= 0.6 is 0 Å². The number of aliphatic hydroxyl groups excluding tert-OH is 7. The average Bonchev–Trinajstić information content (AvgIpc) is 3.43. The number of ether oxygens (including phenoxy) is 4. The summed E-state index contributed by atoms with van der Waals surface area (Å²) < 4.78 is 49.8. The van der Waals surface area contributed by atoms with E-state index in [1.807, 2.05) is 37.3 Å². The van der Waals surface area contributed by atoms with Crippen LogP contribution in [0, 0.1) is 11.8 Å². The molecule has 16 N–H and O–H groups in total. The Labute approximate surface area is 345 Å². The Hall–Kier alpha value is -2.26. The standard InChI is InChI=1S/C20H29N3O2S.C18H36N4O11/c1-15-12-16(2)14-23(13-15)11-7-10-21-20-17(3)19(26(24,25)22-20)18-8-5-4-6-9-18;19-2-6-10(25)12(27)13(28)18(30-6)33-16-5(21)1-4(20)15(14(16)29)32-17-11(26)8(22)9(24)7(3-23)31-17/h4-6,8-9,15-16H,7,10-14H2,1-3H3,(H,21,22);4-18,23-29H,1-3,19-22H2/t;4-,5+,6-,7-,8+,9-,10-,11-,12+,13-,14-,15+,16-,17-,18-/m.1/s1. The van der Waals surface area contributed by atoms with Gasteiger partial charge in [0.15, 0.2) is 12.6 Å². The highest BCUT2D eigenvalue weighted by molar-refractivity contribution is 8.00. The van der Waals surface area contributed by atoms with Crippen molar-refractivity contribution in [3.8, 4) is 0 Å². The van der Waals surface area contributed by atoms with Gasteiger partial charge in [0.2, 0.25) is 0 Å². The van der Waals surface area contributed by atoms with Crippen molar-refractivity contribution in [3.63, 3.8) is 0 Å². The molecule has 0 aromatic heterocycles. The molecule has 59 heavy (non-hydrogen) atoms. The number of nitrogens with zero attached hydrogens (tertiary/aromatic N) is 2. The van der Waals surface area contributed by atoms with Crippen LogP contribution in [0.25, 0.3) is 4.91 Å². The van der Waals surface area contributed by atoms with Crippen LogP contribution in [0.4, 0.5) is 0 Å². The number of amidine groups is 1. The third kappa shape index (κ3) is 11.2. The first-order valence-corrected chi connectivity index (χ1v) is 21.7. The van der Waals surface area contributed by atoms with Gasteiger partial charge in [-0.05, 0) is 50.1 Å². The largest absolute Gasteiger partial charge is 0.394 e. The van der Waals surface area contributed by atoms with Crippen molar-refractivity contribution in [2.45, 2.75) is 132 Å². The minimum atomic E-state index is -3.52. The van der Waals surface area contributed by atoms with E-state index >= 15 is 0 Å². The van der Waals surface area contributed by atoms with Gasteiger partial charge in [-0.25, -0.2) is 8.42 Å². The molecule has 1 aliphatic carbocycles. The van der Waals surface area contributed by atoms with Gasteiger partial charge in [-0.1, -0.05) is 44.2 Å². The number of hydrogen-bond donors (Lipinski definition) is 12. The number of aliphatic imine (C=N–C) groups is 1. The first kappa shape index (κ1) is 47.8. The van der Waals surface area contributed by atoms with Gasteiger partial charge in [0.05, 0.1) is 12.6 Å². The van der Waals surface area contributed by atoms with Crippen LogP contribution in [0.5, 0.6) is 0 Å². The lowest BCUT2D eigenvalue weighted by Gasteiger charge is -2.48. The van der Waals surface area contributed by atoms with Crippen LogP contribution in [0.1, 0.15) is 45.6 Å². The molecule has 4 heterocycles. The molecule has 17 atom stereocenters. The molecule has 20 nitrogen and oxygen atoms in total. The van der Waals surface area contributed by atoms with E-state index in [-0.39, 0.29) is 13.0 Å². The number of piperidine rings is 1. The molecule has 1 aromatic rings. The molecular formula is C38H65N7O13S. The predicted octanol–water partition coefficient (Wildman–Crippen LogP) is -4.17. The molecule has 0 bridgehead atoms. The second-order valence-corrected chi connectivity index (χ2v) is 18.1. The van der Waals surface area contributed by atoms with E-state index in [2.05, 4.69) is 28.5 Å². The molecule has 2 unspecified atom stereocenters. The van der Waals surface area contributed by atoms with Gasteiger partial charge in [0.25, 0.3) is 10.0 Å². The molecule has 21 heteroatoms. The van der Waals surface area contributed by atoms with E-state index in [0.717, 1.165) is 37.9 Å². The lowest BCUT2D eigenvalue weighted by Crippen LogP contribution is -2.68. The van der Waals surface area contributed by atoms with Gasteiger partial charge < -0.3 is 82.5 Å². The summed E-state index contributed by atoms with van der Waals surface area (Å²) in [5.41, 5.74) is 24.9. The number of rotatable bonds is 11. The first-order valence-electron chi connectivity index (χ1n) is 20.2. The lowest BCUT2D eigenvalue weighted by molar-refractivity contribution is -0.332. The number of likely N-dealkylation sites (tertiary alicyclic amines) is 1. The molecule has 1 saturated carbocycles. The average molecular weight is 860 g/mol. The summed E-state index contributed by atoms with van der Waals surface area (Å²) in [4.78, 5) is 7.39. The van der Waals surface area contributed by atoms with Crippen molar-refractivity contribution in [2.24, 2.45) is 39.8 Å². The predicted molar refractivity (Wildman–Crippen MR) is 215 cm³/mol. The summed E-state index contributed by atoms with van der Waals surface area (Å²) in [5.74, 6) is 2.00. The Morgan fingerprint density at radius 2 is 1.39 bits per heavy atom. The maximum absolute atomic E-state index is 12.5. The van der Waals surface area contributed by atoms with Gasteiger partial charge in [-0.3, -0.25) is 9.71 Å². The third-order valence-corrected chi connectivity index (χ3v) is 13.1. The van der Waals surface area contributed by atoms with Crippen molar-refractivity contribution < 1.29 is 63.1 Å². The van der Waals surface area contributed by atoms with Gasteiger partial charge >= 0.3 is 0 Å². The highest BCUT2D eigenvalue weighted by Gasteiger charge is 2.51. The normalized spacial score (nSPS) is 42.3. The van der Waals surface area contributed by atoms with Crippen molar-refractivity contribution in [3.05, 3.63) is 41.5 Å². The second kappa shape index (κ2) is 20.7. The topological polar surface area (TPSA) is 344 Å². The molecule has 1 aromatic carbocycles. The number of aliphatic hydroxyl groups is 7. The number of benzene rings is 1. The van der Waals surface area contributed by atoms with Crippen molar-refractivity contribution >= 4 is 20.8 Å². The van der Waals surface area contributed by atoms with Crippen molar-refractivity contribution in [2.75, 3.05) is 39.3 Å². The van der Waals surface area contributed by atoms with Gasteiger partial charge in [0, 0.05) is 43.8 Å². The zero-order chi connectivity index (χ0) is 43.3. The van der Waals surface area contributed by atoms with E-state index in [0.29, 0.717) is 28.4 Å². The zero-order valence-electron chi connectivity index (χ0n) is 33.8. The highest BCUT2D eigenvalue weighted by atomic mass is 32.2. The van der Waals surface area contributed by atoms with Crippen molar-refractivity contribution in [1.29, 1.82) is 0 Å². The number of hydrogen-bond acceptors (Lipinski definition) is 19. The zero-order valence-corrected chi connectivity index (χ0v) is 34.6. The monoisotopic (exact) mass is 859 g/mol. The van der Waals surface area contributed by atoms with E-state index in [1.54, 1.807) is 0 Å². The minimum absolute atomic E-state index is 0.0849. The van der Waals surface area contributed by atoms with Crippen LogP contribution in [0.3, 0.4) is 0 Å². The molecule has 3 saturated heterocycles. The fraction of sp³-hybridized carbons (Fsp3) is 0.763. The van der Waals surface area contributed by atoms with Gasteiger partial charge in [0.1, 0.15) is 71.8 Å². The van der Waals surface area contributed by atoms with Crippen LogP contribution in [0.15, 0.2) is 40.9 Å². The summed E-state index contributed by atoms with van der Waals surface area (Å²) in [7, 11) is -3.52. The van der Waals surface area contributed by atoms with Crippen LogP contribution in [0.2, 0.25) is 0 Å². The second-order valence-electron chi connectivity index (χ2n) is 16.5. The molecule has 6 rings (SSSR count). The highest BCUT2D eigenvalue weighted by Crippen LogP contribution is 2.32. The van der Waals surface area contributed by atoms with E-state index in [1.165, 1.54) is 6.42 Å².